The predicted molar refractivity (Wildman–Crippen MR) is 128 cm³/mol. The van der Waals surface area contributed by atoms with Crippen molar-refractivity contribution in [3.05, 3.63) is 38.9 Å². The number of amidine groups is 1. The van der Waals surface area contributed by atoms with Crippen LogP contribution in [0.4, 0.5) is 0 Å². The molecule has 1 aliphatic carbocycles. The quantitative estimate of drug-likeness (QED) is 0.149. The smallest absolute Gasteiger partial charge is 0.351 e. The molecule has 0 radical (unpaired) electrons. The van der Waals surface area contributed by atoms with E-state index in [4.69, 9.17) is 14.2 Å². The van der Waals surface area contributed by atoms with Crippen molar-refractivity contribution in [3.63, 3.8) is 0 Å². The lowest BCUT2D eigenvalue weighted by molar-refractivity contribution is -0.150. The van der Waals surface area contributed by atoms with Gasteiger partial charge < -0.3 is 18.7 Å². The molecule has 3 aliphatic rings. The summed E-state index contributed by atoms with van der Waals surface area (Å²) in [6.07, 6.45) is 9.15. The van der Waals surface area contributed by atoms with Gasteiger partial charge in [0.15, 0.2) is 0 Å². The van der Waals surface area contributed by atoms with Crippen molar-refractivity contribution in [2.24, 2.45) is 15.8 Å². The van der Waals surface area contributed by atoms with Gasteiger partial charge in [0.05, 0.1) is 16.8 Å². The van der Waals surface area contributed by atoms with Crippen LogP contribution >= 0.6 is 21.9 Å². The van der Waals surface area contributed by atoms with Crippen LogP contribution in [0.2, 0.25) is 0 Å². The van der Waals surface area contributed by atoms with Gasteiger partial charge in [-0.1, -0.05) is 11.6 Å². The molecule has 1 saturated heterocycles. The molecule has 0 bridgehead atoms. The molecule has 1 aromatic heterocycles. The predicted octanol–water partition coefficient (Wildman–Crippen LogP) is 2.88. The van der Waals surface area contributed by atoms with Crippen LogP contribution < -0.4 is 11.2 Å². The van der Waals surface area contributed by atoms with Gasteiger partial charge in [0.25, 0.3) is 5.17 Å². The number of allylic oxidation sites excluding steroid dienone is 1. The maximum absolute atomic E-state index is 11.8. The summed E-state index contributed by atoms with van der Waals surface area (Å²) >= 11 is 1.42. The van der Waals surface area contributed by atoms with Crippen molar-refractivity contribution in [2.75, 3.05) is 6.54 Å². The summed E-state index contributed by atoms with van der Waals surface area (Å²) in [4.78, 5) is 45.2. The van der Waals surface area contributed by atoms with E-state index in [2.05, 4.69) is 21.4 Å². The van der Waals surface area contributed by atoms with Gasteiger partial charge in [0, 0.05) is 18.3 Å². The second-order valence-corrected chi connectivity index (χ2v) is 10.9. The summed E-state index contributed by atoms with van der Waals surface area (Å²) in [6.45, 7) is 2.41. The van der Waals surface area contributed by atoms with Crippen LogP contribution in [0.3, 0.4) is 0 Å². The number of nitrogens with two attached hydrogens (primary N) is 1. The molecule has 1 aromatic rings. The first-order valence-corrected chi connectivity index (χ1v) is 12.9. The fourth-order valence-electron chi connectivity index (χ4n) is 3.45. The van der Waals surface area contributed by atoms with Crippen molar-refractivity contribution < 1.29 is 22.7 Å². The van der Waals surface area contributed by atoms with Gasteiger partial charge in [-0.05, 0) is 54.8 Å². The third kappa shape index (κ3) is 5.52. The summed E-state index contributed by atoms with van der Waals surface area (Å²) in [7, 11) is -2.88. The number of carbonyl (C=O) groups is 3. The molecule has 1 spiro atoms. The number of aliphatic imine (C=N–C) groups is 2. The Hall–Kier alpha value is -2.96. The first kappa shape index (κ1) is 23.2. The Kier molecular flexibility index (Phi) is 6.96. The topological polar surface area (TPSA) is 136 Å². The van der Waals surface area contributed by atoms with Gasteiger partial charge in [-0.3, -0.25) is 4.79 Å². The van der Waals surface area contributed by atoms with Gasteiger partial charge in [0.2, 0.25) is 5.91 Å². The highest BCUT2D eigenvalue weighted by Gasteiger charge is 2.47. The zero-order chi connectivity index (χ0) is 23.4. The van der Waals surface area contributed by atoms with E-state index in [1.165, 1.54) is 53.4 Å². The second-order valence-electron chi connectivity index (χ2n) is 7.70. The third-order valence-corrected chi connectivity index (χ3v) is 8.27. The SMILES string of the molecule is CC(=O)NCc1ccc(C2=CS3(OC(=O)C(=O)O3)C(/N=C/N(N)CCC3=CCCCC3)=N2)s1. The zero-order valence-electron chi connectivity index (χ0n) is 18.1. The van der Waals surface area contributed by atoms with Crippen LogP contribution in [0, 0.1) is 0 Å². The summed E-state index contributed by atoms with van der Waals surface area (Å²) in [5.41, 5.74) is 1.87. The second kappa shape index (κ2) is 9.89. The summed E-state index contributed by atoms with van der Waals surface area (Å²) < 4.78 is 10.6. The van der Waals surface area contributed by atoms with Crippen molar-refractivity contribution in [1.82, 2.24) is 10.3 Å². The molecule has 0 atom stereocenters. The Morgan fingerprint density at radius 3 is 2.82 bits per heavy atom. The molecule has 10 nitrogen and oxygen atoms in total. The minimum Gasteiger partial charge on any atom is -0.351 e. The lowest BCUT2D eigenvalue weighted by atomic mass is 9.97. The van der Waals surface area contributed by atoms with E-state index in [0.717, 1.165) is 29.0 Å². The largest absolute Gasteiger partial charge is 0.442 e. The molecular formula is C21H25N5O5S2. The van der Waals surface area contributed by atoms with Crippen molar-refractivity contribution >= 4 is 57.0 Å². The van der Waals surface area contributed by atoms with E-state index in [9.17, 15) is 14.4 Å². The first-order chi connectivity index (χ1) is 15.8. The van der Waals surface area contributed by atoms with E-state index in [-0.39, 0.29) is 11.1 Å². The highest BCUT2D eigenvalue weighted by Crippen LogP contribution is 2.62. The molecule has 4 rings (SSSR count). The van der Waals surface area contributed by atoms with Crippen LogP contribution in [0.25, 0.3) is 5.70 Å². The number of hydrogen-bond donors (Lipinski definition) is 2. The van der Waals surface area contributed by atoms with E-state index in [1.807, 2.05) is 12.1 Å². The van der Waals surface area contributed by atoms with Crippen LogP contribution in [0.5, 0.6) is 0 Å². The van der Waals surface area contributed by atoms with Gasteiger partial charge in [-0.2, -0.15) is 0 Å². The average Bonchev–Trinajstić information content (AvgIpc) is 3.47. The number of hydrogen-bond acceptors (Lipinski definition) is 9. The van der Waals surface area contributed by atoms with Crippen LogP contribution in [0.15, 0.2) is 39.2 Å². The minimum atomic E-state index is -2.88. The Morgan fingerprint density at radius 1 is 1.33 bits per heavy atom. The third-order valence-electron chi connectivity index (χ3n) is 5.12. The zero-order valence-corrected chi connectivity index (χ0v) is 19.7. The van der Waals surface area contributed by atoms with Crippen molar-refractivity contribution in [3.8, 4) is 0 Å². The van der Waals surface area contributed by atoms with Crippen molar-refractivity contribution in [1.29, 1.82) is 0 Å². The average molecular weight is 492 g/mol. The number of nitrogens with one attached hydrogen (secondary N) is 1. The van der Waals surface area contributed by atoms with Crippen LogP contribution in [0.1, 0.15) is 48.8 Å². The number of amides is 1. The Balaban J connectivity index is 1.49. The molecule has 2 aliphatic heterocycles. The molecule has 0 unspecified atom stereocenters. The molecule has 33 heavy (non-hydrogen) atoms. The summed E-state index contributed by atoms with van der Waals surface area (Å²) in [5.74, 6) is 3.79. The van der Waals surface area contributed by atoms with E-state index in [1.54, 1.807) is 0 Å². The van der Waals surface area contributed by atoms with Crippen molar-refractivity contribution in [2.45, 2.75) is 45.6 Å². The Morgan fingerprint density at radius 2 is 2.12 bits per heavy atom. The number of rotatable bonds is 7. The van der Waals surface area contributed by atoms with Crippen LogP contribution in [-0.4, -0.2) is 40.9 Å². The lowest BCUT2D eigenvalue weighted by Crippen LogP contribution is -2.31. The molecule has 1 fully saturated rings. The lowest BCUT2D eigenvalue weighted by Gasteiger charge is -2.26. The van der Waals surface area contributed by atoms with E-state index < -0.39 is 22.5 Å². The van der Waals surface area contributed by atoms with Gasteiger partial charge >= 0.3 is 11.9 Å². The van der Waals surface area contributed by atoms with Gasteiger partial charge in [-0.15, -0.1) is 11.3 Å². The maximum atomic E-state index is 11.8. The maximum Gasteiger partial charge on any atom is 0.442 e. The molecular weight excluding hydrogens is 466 g/mol. The molecule has 12 heteroatoms. The molecule has 1 amide bonds. The normalized spacial score (nSPS) is 20.2. The fraction of sp³-hybridized carbons (Fsp3) is 0.381. The number of thiophene rings is 1. The molecule has 3 heterocycles. The standard InChI is InChI=1S/C21H25N5O5S2/c1-14(27)23-11-16-7-8-18(32-16)17-12-33(30-19(28)20(29)31-33)21(25-17)24-13-26(22)10-9-15-5-3-2-4-6-15/h5,7-8,12-13H,2-4,6,9-11,22H2,1H3,(H,23,27)/b24-13+. The fourth-order valence-corrected chi connectivity index (χ4v) is 6.30. The van der Waals surface area contributed by atoms with E-state index >= 15 is 0 Å². The van der Waals surface area contributed by atoms with Gasteiger partial charge in [0.1, 0.15) is 12.0 Å². The first-order valence-electron chi connectivity index (χ1n) is 10.5. The number of hydrazine groups is 1. The number of carbonyl (C=O) groups excluding carboxylic acids is 3. The number of nitrogens with zero attached hydrogens (tertiary/aromatic N) is 3. The van der Waals surface area contributed by atoms with Crippen LogP contribution in [-0.2, 0) is 29.3 Å². The summed E-state index contributed by atoms with van der Waals surface area (Å²) in [6, 6.07) is 3.70. The molecule has 0 saturated carbocycles. The summed E-state index contributed by atoms with van der Waals surface area (Å²) in [5, 5.41) is 5.80. The Bertz CT molecular complexity index is 1070. The molecule has 176 valence electrons. The highest BCUT2D eigenvalue weighted by molar-refractivity contribution is 8.41. The Labute approximate surface area is 196 Å². The molecule has 3 N–H and O–H groups in total. The van der Waals surface area contributed by atoms with E-state index in [0.29, 0.717) is 18.8 Å². The molecule has 0 aromatic carbocycles. The highest BCUT2D eigenvalue weighted by atomic mass is 32.3. The monoisotopic (exact) mass is 491 g/mol. The minimum absolute atomic E-state index is 0.0841. The van der Waals surface area contributed by atoms with Gasteiger partial charge in [-0.25, -0.2) is 25.4 Å².